The third kappa shape index (κ3) is 3.65. The molecule has 0 spiro atoms. The minimum Gasteiger partial charge on any atom is -0.409 e. The molecule has 3 aromatic heterocycles. The molecule has 0 radical (unpaired) electrons. The summed E-state index contributed by atoms with van der Waals surface area (Å²) in [6.07, 6.45) is 9.97. The Kier molecular flexibility index (Phi) is 4.91. The van der Waals surface area contributed by atoms with Crippen LogP contribution in [0.3, 0.4) is 0 Å². The van der Waals surface area contributed by atoms with Gasteiger partial charge in [0.05, 0.1) is 29.4 Å². The van der Waals surface area contributed by atoms with Crippen molar-refractivity contribution in [2.75, 3.05) is 13.1 Å². The van der Waals surface area contributed by atoms with Crippen LogP contribution in [0.4, 0.5) is 0 Å². The summed E-state index contributed by atoms with van der Waals surface area (Å²) >= 11 is 0. The summed E-state index contributed by atoms with van der Waals surface area (Å²) in [5.74, 6) is 0. The second-order valence-electron chi connectivity index (χ2n) is 7.55. The van der Waals surface area contributed by atoms with Gasteiger partial charge in [0.15, 0.2) is 0 Å². The molecule has 0 amide bonds. The maximum atomic E-state index is 9.07. The Morgan fingerprint density at radius 2 is 2.03 bits per heavy atom. The number of benzene rings is 1. The zero-order valence-electron chi connectivity index (χ0n) is 16.5. The highest BCUT2D eigenvalue weighted by atomic mass is 16.7. The Labute approximate surface area is 174 Å². The average Bonchev–Trinajstić information content (AvgIpc) is 3.45. The van der Waals surface area contributed by atoms with E-state index < -0.39 is 0 Å². The fourth-order valence-corrected chi connectivity index (χ4v) is 3.89. The standard InChI is InChI=1S/C23H22N6O/c24-12-17-2-1-3-18(10-17)16-30-29-9-6-22-23(29)11-19(13-26-22)20-14-27-28(15-20)21-4-7-25-8-5-21/h1-3,6,9-11,13-15,21,25H,4-5,7-8,16H2. The molecule has 4 heterocycles. The van der Waals surface area contributed by atoms with Gasteiger partial charge in [-0.05, 0) is 55.8 Å². The molecule has 1 aromatic carbocycles. The van der Waals surface area contributed by atoms with Crippen molar-refractivity contribution in [1.82, 2.24) is 24.8 Å². The molecule has 0 saturated carbocycles. The Hall–Kier alpha value is -3.63. The summed E-state index contributed by atoms with van der Waals surface area (Å²) in [6, 6.07) is 14.1. The van der Waals surface area contributed by atoms with E-state index in [1.54, 1.807) is 10.8 Å². The summed E-state index contributed by atoms with van der Waals surface area (Å²) < 4.78 is 3.82. The van der Waals surface area contributed by atoms with Crippen LogP contribution in [0.5, 0.6) is 0 Å². The van der Waals surface area contributed by atoms with Gasteiger partial charge in [-0.2, -0.15) is 15.1 Å². The van der Waals surface area contributed by atoms with E-state index in [0.29, 0.717) is 18.2 Å². The van der Waals surface area contributed by atoms with Gasteiger partial charge in [0, 0.05) is 29.7 Å². The van der Waals surface area contributed by atoms with Crippen LogP contribution in [-0.4, -0.2) is 32.6 Å². The van der Waals surface area contributed by atoms with Crippen LogP contribution in [0.2, 0.25) is 0 Å². The van der Waals surface area contributed by atoms with Crippen molar-refractivity contribution < 1.29 is 4.84 Å². The van der Waals surface area contributed by atoms with Gasteiger partial charge in [0.1, 0.15) is 12.1 Å². The molecular formula is C23H22N6O. The first-order valence-corrected chi connectivity index (χ1v) is 10.1. The molecule has 1 fully saturated rings. The van der Waals surface area contributed by atoms with E-state index in [0.717, 1.165) is 53.7 Å². The van der Waals surface area contributed by atoms with Crippen molar-refractivity contribution in [3.05, 3.63) is 72.3 Å². The van der Waals surface area contributed by atoms with Crippen LogP contribution in [0, 0.1) is 11.3 Å². The van der Waals surface area contributed by atoms with Gasteiger partial charge in [-0.15, -0.1) is 0 Å². The van der Waals surface area contributed by atoms with Crippen LogP contribution < -0.4 is 10.2 Å². The lowest BCUT2D eigenvalue weighted by molar-refractivity contribution is 0.107. The highest BCUT2D eigenvalue weighted by Gasteiger charge is 2.16. The summed E-state index contributed by atoms with van der Waals surface area (Å²) in [5, 5.41) is 17.1. The van der Waals surface area contributed by atoms with Crippen LogP contribution in [0.15, 0.2) is 61.2 Å². The molecule has 1 aliphatic rings. The highest BCUT2D eigenvalue weighted by molar-refractivity contribution is 5.80. The predicted octanol–water partition coefficient (Wildman–Crippen LogP) is 3.32. The molecule has 0 bridgehead atoms. The molecule has 30 heavy (non-hydrogen) atoms. The average molecular weight is 398 g/mol. The van der Waals surface area contributed by atoms with Crippen molar-refractivity contribution in [2.45, 2.75) is 25.5 Å². The maximum Gasteiger partial charge on any atom is 0.140 e. The first kappa shape index (κ1) is 18.4. The van der Waals surface area contributed by atoms with E-state index >= 15 is 0 Å². The van der Waals surface area contributed by atoms with Crippen molar-refractivity contribution in [1.29, 1.82) is 5.26 Å². The van der Waals surface area contributed by atoms with E-state index in [9.17, 15) is 0 Å². The number of piperidine rings is 1. The smallest absolute Gasteiger partial charge is 0.140 e. The Morgan fingerprint density at radius 3 is 2.90 bits per heavy atom. The monoisotopic (exact) mass is 398 g/mol. The van der Waals surface area contributed by atoms with Crippen LogP contribution >= 0.6 is 0 Å². The minimum absolute atomic E-state index is 0.372. The predicted molar refractivity (Wildman–Crippen MR) is 114 cm³/mol. The van der Waals surface area contributed by atoms with Gasteiger partial charge in [0.2, 0.25) is 0 Å². The first-order chi connectivity index (χ1) is 14.8. The van der Waals surface area contributed by atoms with Crippen molar-refractivity contribution >= 4 is 11.0 Å². The Bertz CT molecular complexity index is 1210. The molecule has 1 aliphatic heterocycles. The zero-order valence-corrected chi connectivity index (χ0v) is 16.5. The quantitative estimate of drug-likeness (QED) is 0.558. The molecule has 150 valence electrons. The third-order valence-corrected chi connectivity index (χ3v) is 5.55. The molecule has 0 aliphatic carbocycles. The summed E-state index contributed by atoms with van der Waals surface area (Å²) in [5.41, 5.74) is 5.41. The van der Waals surface area contributed by atoms with E-state index in [4.69, 9.17) is 10.1 Å². The second kappa shape index (κ2) is 8.01. The molecule has 5 rings (SSSR count). The lowest BCUT2D eigenvalue weighted by Crippen LogP contribution is -2.29. The number of hydrogen-bond donors (Lipinski definition) is 1. The van der Waals surface area contributed by atoms with E-state index in [1.165, 1.54) is 0 Å². The molecule has 4 aromatic rings. The molecule has 7 heteroatoms. The number of nitrogens with zero attached hydrogens (tertiary/aromatic N) is 5. The molecule has 1 N–H and O–H groups in total. The van der Waals surface area contributed by atoms with Gasteiger partial charge in [-0.1, -0.05) is 12.1 Å². The molecular weight excluding hydrogens is 376 g/mol. The third-order valence-electron chi connectivity index (χ3n) is 5.55. The molecule has 1 saturated heterocycles. The normalized spacial score (nSPS) is 14.6. The second-order valence-corrected chi connectivity index (χ2v) is 7.55. The van der Waals surface area contributed by atoms with Gasteiger partial charge in [0.25, 0.3) is 0 Å². The van der Waals surface area contributed by atoms with Crippen molar-refractivity contribution in [3.8, 4) is 17.2 Å². The largest absolute Gasteiger partial charge is 0.409 e. The number of fused-ring (bicyclic) bond motifs is 1. The molecule has 0 unspecified atom stereocenters. The number of hydrogen-bond acceptors (Lipinski definition) is 5. The zero-order chi connectivity index (χ0) is 20.3. The van der Waals surface area contributed by atoms with Crippen LogP contribution in [0.25, 0.3) is 22.2 Å². The Morgan fingerprint density at radius 1 is 1.13 bits per heavy atom. The van der Waals surface area contributed by atoms with Gasteiger partial charge < -0.3 is 10.2 Å². The van der Waals surface area contributed by atoms with Gasteiger partial charge in [-0.25, -0.2) is 0 Å². The van der Waals surface area contributed by atoms with Crippen molar-refractivity contribution in [2.24, 2.45) is 0 Å². The first-order valence-electron chi connectivity index (χ1n) is 10.1. The number of rotatable bonds is 5. The summed E-state index contributed by atoms with van der Waals surface area (Å²) in [4.78, 5) is 10.6. The minimum atomic E-state index is 0.372. The van der Waals surface area contributed by atoms with Crippen LogP contribution in [0.1, 0.15) is 30.0 Å². The highest BCUT2D eigenvalue weighted by Crippen LogP contribution is 2.25. The van der Waals surface area contributed by atoms with E-state index in [-0.39, 0.29) is 0 Å². The summed E-state index contributed by atoms with van der Waals surface area (Å²) in [6.45, 7) is 2.45. The number of pyridine rings is 1. The fourth-order valence-electron chi connectivity index (χ4n) is 3.89. The molecule has 7 nitrogen and oxygen atoms in total. The van der Waals surface area contributed by atoms with Crippen LogP contribution in [-0.2, 0) is 6.61 Å². The van der Waals surface area contributed by atoms with Crippen molar-refractivity contribution in [3.63, 3.8) is 0 Å². The summed E-state index contributed by atoms with van der Waals surface area (Å²) in [7, 11) is 0. The number of nitrogens with one attached hydrogen (secondary N) is 1. The fraction of sp³-hybridized carbons (Fsp3) is 0.261. The number of aromatic nitrogens is 4. The van der Waals surface area contributed by atoms with Gasteiger partial charge >= 0.3 is 0 Å². The van der Waals surface area contributed by atoms with E-state index in [2.05, 4.69) is 38.4 Å². The Balaban J connectivity index is 1.38. The topological polar surface area (TPSA) is 80.7 Å². The molecule has 0 atom stereocenters. The lowest BCUT2D eigenvalue weighted by atomic mass is 10.1. The van der Waals surface area contributed by atoms with E-state index in [1.807, 2.05) is 42.9 Å². The number of nitriles is 1. The SMILES string of the molecule is N#Cc1cccc(COn2ccc3ncc(-c4cnn(C5CCNCC5)c4)cc32)c1. The maximum absolute atomic E-state index is 9.07. The van der Waals surface area contributed by atoms with Gasteiger partial charge in [-0.3, -0.25) is 9.67 Å². The lowest BCUT2D eigenvalue weighted by Gasteiger charge is -2.22.